The Hall–Kier alpha value is -2.50. The Morgan fingerprint density at radius 1 is 1.04 bits per heavy atom. The summed E-state index contributed by atoms with van der Waals surface area (Å²) in [5.74, 6) is -0.235. The third-order valence-electron chi connectivity index (χ3n) is 4.93. The van der Waals surface area contributed by atoms with Gasteiger partial charge in [0.15, 0.2) is 0 Å². The molecule has 140 valence electrons. The van der Waals surface area contributed by atoms with Gasteiger partial charge in [0.2, 0.25) is 0 Å². The molecule has 0 amide bonds. The molecule has 3 aromatic rings. The summed E-state index contributed by atoms with van der Waals surface area (Å²) in [5.41, 5.74) is 3.78. The molecule has 0 spiro atoms. The summed E-state index contributed by atoms with van der Waals surface area (Å²) in [4.78, 5) is 7.20. The highest BCUT2D eigenvalue weighted by atomic mass is 19.1. The fourth-order valence-corrected chi connectivity index (χ4v) is 3.44. The lowest BCUT2D eigenvalue weighted by atomic mass is 10.1. The normalized spacial score (nSPS) is 15.1. The molecule has 1 aromatic heterocycles. The average Bonchev–Trinajstić information content (AvgIpc) is 2.72. The average molecular weight is 365 g/mol. The van der Waals surface area contributed by atoms with E-state index in [1.54, 1.807) is 12.1 Å². The lowest BCUT2D eigenvalue weighted by Crippen LogP contribution is -2.37. The predicted octanol–water partition coefficient (Wildman–Crippen LogP) is 4.18. The first-order valence-corrected chi connectivity index (χ1v) is 9.49. The number of rotatable bonds is 6. The van der Waals surface area contributed by atoms with Gasteiger partial charge in [-0.15, -0.1) is 0 Å². The van der Waals surface area contributed by atoms with Crippen LogP contribution in [-0.4, -0.2) is 49.3 Å². The Kier molecular flexibility index (Phi) is 5.61. The van der Waals surface area contributed by atoms with Crippen LogP contribution in [-0.2, 0) is 4.74 Å². The molecule has 0 radical (unpaired) electrons. The third-order valence-corrected chi connectivity index (χ3v) is 4.93. The van der Waals surface area contributed by atoms with Gasteiger partial charge >= 0.3 is 0 Å². The minimum atomic E-state index is -0.235. The van der Waals surface area contributed by atoms with Crippen LogP contribution >= 0.6 is 0 Å². The van der Waals surface area contributed by atoms with Gasteiger partial charge in [-0.2, -0.15) is 0 Å². The van der Waals surface area contributed by atoms with Crippen LogP contribution in [0.15, 0.2) is 54.6 Å². The summed E-state index contributed by atoms with van der Waals surface area (Å²) in [6.45, 7) is 5.69. The van der Waals surface area contributed by atoms with Crippen LogP contribution in [0.5, 0.6) is 0 Å². The van der Waals surface area contributed by atoms with Gasteiger partial charge in [-0.25, -0.2) is 9.37 Å². The van der Waals surface area contributed by atoms with E-state index in [1.807, 2.05) is 18.2 Å². The number of ether oxygens (including phenoxy) is 1. The Labute approximate surface area is 159 Å². The number of benzene rings is 2. The van der Waals surface area contributed by atoms with Crippen LogP contribution < -0.4 is 5.32 Å². The second-order valence-electron chi connectivity index (χ2n) is 6.81. The van der Waals surface area contributed by atoms with Crippen LogP contribution in [0.2, 0.25) is 0 Å². The Balaban J connectivity index is 1.50. The first-order chi connectivity index (χ1) is 13.3. The van der Waals surface area contributed by atoms with Crippen LogP contribution in [0.25, 0.3) is 22.2 Å². The van der Waals surface area contributed by atoms with Crippen LogP contribution in [0, 0.1) is 5.82 Å². The van der Waals surface area contributed by atoms with Crippen LogP contribution in [0.1, 0.15) is 6.42 Å². The zero-order valence-corrected chi connectivity index (χ0v) is 15.3. The number of aromatic nitrogens is 1. The van der Waals surface area contributed by atoms with E-state index in [9.17, 15) is 4.39 Å². The van der Waals surface area contributed by atoms with Gasteiger partial charge in [0.1, 0.15) is 5.82 Å². The molecule has 1 N–H and O–H groups in total. The van der Waals surface area contributed by atoms with Gasteiger partial charge in [0, 0.05) is 36.3 Å². The smallest absolute Gasteiger partial charge is 0.123 e. The molecule has 0 unspecified atom stereocenters. The van der Waals surface area contributed by atoms with Crippen molar-refractivity contribution in [2.45, 2.75) is 6.42 Å². The van der Waals surface area contributed by atoms with Gasteiger partial charge in [-0.3, -0.25) is 4.90 Å². The Morgan fingerprint density at radius 3 is 2.63 bits per heavy atom. The fourth-order valence-electron chi connectivity index (χ4n) is 3.44. The summed E-state index contributed by atoms with van der Waals surface area (Å²) >= 11 is 0. The largest absolute Gasteiger partial charge is 0.384 e. The zero-order valence-electron chi connectivity index (χ0n) is 15.3. The van der Waals surface area contributed by atoms with Gasteiger partial charge < -0.3 is 10.1 Å². The van der Waals surface area contributed by atoms with Crippen LogP contribution in [0.3, 0.4) is 0 Å². The highest BCUT2D eigenvalue weighted by Gasteiger charge is 2.10. The number of hydrogen-bond acceptors (Lipinski definition) is 4. The molecule has 0 aliphatic carbocycles. The third kappa shape index (κ3) is 4.43. The number of fused-ring (bicyclic) bond motifs is 1. The molecule has 1 saturated heterocycles. The number of anilines is 1. The first-order valence-electron chi connectivity index (χ1n) is 9.49. The minimum Gasteiger partial charge on any atom is -0.384 e. The van der Waals surface area contributed by atoms with Crippen molar-refractivity contribution in [3.8, 4) is 11.3 Å². The Bertz CT molecular complexity index is 892. The molecule has 0 atom stereocenters. The molecule has 0 saturated carbocycles. The fraction of sp³-hybridized carbons (Fsp3) is 0.318. The highest BCUT2D eigenvalue weighted by molar-refractivity contribution is 5.93. The van der Waals surface area contributed by atoms with E-state index in [2.05, 4.69) is 22.3 Å². The number of nitrogens with zero attached hydrogens (tertiary/aromatic N) is 2. The van der Waals surface area contributed by atoms with Crippen LogP contribution in [0.4, 0.5) is 10.1 Å². The summed E-state index contributed by atoms with van der Waals surface area (Å²) in [7, 11) is 0. The SMILES string of the molecule is Fc1ccc(-c2cc(NCCCN3CCOCC3)c3ccccc3n2)cc1. The van der Waals surface area contributed by atoms with Crippen molar-refractivity contribution in [2.24, 2.45) is 0 Å². The summed E-state index contributed by atoms with van der Waals surface area (Å²) in [5, 5.41) is 4.68. The number of morpholine rings is 1. The summed E-state index contributed by atoms with van der Waals surface area (Å²) < 4.78 is 18.6. The number of para-hydroxylation sites is 1. The Morgan fingerprint density at radius 2 is 1.81 bits per heavy atom. The lowest BCUT2D eigenvalue weighted by molar-refractivity contribution is 0.0378. The van der Waals surface area contributed by atoms with E-state index in [1.165, 1.54) is 12.1 Å². The first kappa shape index (κ1) is 17.9. The van der Waals surface area contributed by atoms with Crippen molar-refractivity contribution in [1.29, 1.82) is 0 Å². The van der Waals surface area contributed by atoms with Gasteiger partial charge in [0.05, 0.1) is 24.4 Å². The van der Waals surface area contributed by atoms with E-state index in [-0.39, 0.29) is 5.82 Å². The van der Waals surface area contributed by atoms with Crippen molar-refractivity contribution in [3.63, 3.8) is 0 Å². The number of nitrogens with one attached hydrogen (secondary N) is 1. The van der Waals surface area contributed by atoms with E-state index >= 15 is 0 Å². The highest BCUT2D eigenvalue weighted by Crippen LogP contribution is 2.28. The van der Waals surface area contributed by atoms with Crippen molar-refractivity contribution in [3.05, 3.63) is 60.4 Å². The molecule has 27 heavy (non-hydrogen) atoms. The van der Waals surface area contributed by atoms with E-state index in [4.69, 9.17) is 9.72 Å². The molecule has 5 heteroatoms. The molecule has 2 heterocycles. The van der Waals surface area contributed by atoms with Gasteiger partial charge in [-0.1, -0.05) is 18.2 Å². The van der Waals surface area contributed by atoms with E-state index in [0.717, 1.165) is 73.7 Å². The predicted molar refractivity (Wildman–Crippen MR) is 108 cm³/mol. The molecule has 2 aromatic carbocycles. The summed E-state index contributed by atoms with van der Waals surface area (Å²) in [6.07, 6.45) is 1.07. The second kappa shape index (κ2) is 8.46. The molecule has 0 bridgehead atoms. The van der Waals surface area contributed by atoms with Crippen molar-refractivity contribution in [2.75, 3.05) is 44.7 Å². The quantitative estimate of drug-likeness (QED) is 0.665. The topological polar surface area (TPSA) is 37.4 Å². The van der Waals surface area contributed by atoms with E-state index < -0.39 is 0 Å². The molecule has 1 fully saturated rings. The monoisotopic (exact) mass is 365 g/mol. The molecular formula is C22H24FN3O. The minimum absolute atomic E-state index is 0.235. The van der Waals surface area contributed by atoms with E-state index in [0.29, 0.717) is 0 Å². The molecule has 1 aliphatic heterocycles. The molecule has 4 nitrogen and oxygen atoms in total. The number of halogens is 1. The molecule has 4 rings (SSSR count). The number of pyridine rings is 1. The number of hydrogen-bond donors (Lipinski definition) is 1. The standard InChI is InChI=1S/C22H24FN3O/c23-18-8-6-17(7-9-18)21-16-22(19-4-1-2-5-20(19)25-21)24-10-3-11-26-12-14-27-15-13-26/h1-2,4-9,16H,3,10-15H2,(H,24,25). The van der Waals surface area contributed by atoms with Gasteiger partial charge in [-0.05, 0) is 49.4 Å². The maximum atomic E-state index is 13.2. The maximum absolute atomic E-state index is 13.2. The second-order valence-corrected chi connectivity index (χ2v) is 6.81. The molecule has 1 aliphatic rings. The van der Waals surface area contributed by atoms with Gasteiger partial charge in [0.25, 0.3) is 0 Å². The van der Waals surface area contributed by atoms with Crippen molar-refractivity contribution >= 4 is 16.6 Å². The zero-order chi connectivity index (χ0) is 18.5. The lowest BCUT2D eigenvalue weighted by Gasteiger charge is -2.26. The summed E-state index contributed by atoms with van der Waals surface area (Å²) in [6, 6.07) is 16.7. The maximum Gasteiger partial charge on any atom is 0.123 e. The van der Waals surface area contributed by atoms with Crippen molar-refractivity contribution in [1.82, 2.24) is 9.88 Å². The molecular weight excluding hydrogens is 341 g/mol. The van der Waals surface area contributed by atoms with Crippen molar-refractivity contribution < 1.29 is 9.13 Å².